The Balaban J connectivity index is 2.36. The predicted octanol–water partition coefficient (Wildman–Crippen LogP) is 0.449. The molecule has 0 aliphatic heterocycles. The molecule has 0 amide bonds. The van der Waals surface area contributed by atoms with E-state index >= 15 is 0 Å². The fourth-order valence-corrected chi connectivity index (χ4v) is 1.96. The van der Waals surface area contributed by atoms with Gasteiger partial charge in [0.2, 0.25) is 0 Å². The van der Waals surface area contributed by atoms with E-state index in [2.05, 4.69) is 15.0 Å². The number of hydrogen-bond acceptors (Lipinski definition) is 5. The lowest BCUT2D eigenvalue weighted by molar-refractivity contribution is 0.205. The van der Waals surface area contributed by atoms with Crippen LogP contribution in [0.15, 0.2) is 18.5 Å². The number of anilines is 1. The van der Waals surface area contributed by atoms with Gasteiger partial charge in [-0.15, -0.1) is 0 Å². The number of fused-ring (bicyclic) bond motifs is 1. The zero-order chi connectivity index (χ0) is 13.0. The molecule has 2 aromatic heterocycles. The first kappa shape index (κ1) is 12.8. The molecule has 0 radical (unpaired) electrons. The van der Waals surface area contributed by atoms with Crippen LogP contribution in [0.1, 0.15) is 5.69 Å². The van der Waals surface area contributed by atoms with Crippen molar-refractivity contribution in [3.8, 4) is 0 Å². The van der Waals surface area contributed by atoms with Crippen LogP contribution in [0.2, 0.25) is 0 Å². The molecule has 0 saturated heterocycles. The molecule has 0 fully saturated rings. The molecule has 0 aliphatic rings. The normalized spacial score (nSPS) is 11.1. The molecule has 2 heterocycles. The second kappa shape index (κ2) is 5.79. The summed E-state index contributed by atoms with van der Waals surface area (Å²) in [5.74, 6) is 0.903. The van der Waals surface area contributed by atoms with E-state index in [-0.39, 0.29) is 0 Å². The van der Waals surface area contributed by atoms with Crippen molar-refractivity contribution >= 4 is 11.3 Å². The van der Waals surface area contributed by atoms with Crippen molar-refractivity contribution in [2.24, 2.45) is 5.73 Å². The van der Waals surface area contributed by atoms with Gasteiger partial charge < -0.3 is 15.4 Å². The number of methoxy groups -OCH3 is 1. The molecular formula is C12H19N5O. The minimum absolute atomic E-state index is 0.583. The Morgan fingerprint density at radius 2 is 2.28 bits per heavy atom. The van der Waals surface area contributed by atoms with Crippen molar-refractivity contribution in [3.05, 3.63) is 24.2 Å². The largest absolute Gasteiger partial charge is 0.383 e. The first-order chi connectivity index (χ1) is 8.76. The smallest absolute Gasteiger partial charge is 0.154 e. The molecule has 0 unspecified atom stereocenters. The number of aryl methyl sites for hydroxylation is 1. The Morgan fingerprint density at radius 1 is 1.44 bits per heavy atom. The molecule has 2 rings (SSSR count). The van der Waals surface area contributed by atoms with Crippen molar-refractivity contribution in [2.75, 3.05) is 38.3 Å². The standard InChI is InChI=1S/C12H19N5O/c1-10-9-11-12(14-4-6-17(11)15-10)16(5-3-13)7-8-18-2/h4,6,9H,3,5,7-8,13H2,1-2H3. The maximum absolute atomic E-state index is 5.66. The van der Waals surface area contributed by atoms with Crippen LogP contribution in [0, 0.1) is 6.92 Å². The van der Waals surface area contributed by atoms with Crippen LogP contribution >= 0.6 is 0 Å². The highest BCUT2D eigenvalue weighted by Crippen LogP contribution is 2.18. The molecule has 0 aromatic carbocycles. The lowest BCUT2D eigenvalue weighted by atomic mass is 10.3. The van der Waals surface area contributed by atoms with Gasteiger partial charge in [0, 0.05) is 39.1 Å². The van der Waals surface area contributed by atoms with E-state index < -0.39 is 0 Å². The van der Waals surface area contributed by atoms with Gasteiger partial charge in [0.05, 0.1) is 12.3 Å². The zero-order valence-electron chi connectivity index (χ0n) is 10.8. The number of ether oxygens (including phenoxy) is 1. The highest BCUT2D eigenvalue weighted by Gasteiger charge is 2.12. The summed E-state index contributed by atoms with van der Waals surface area (Å²) in [5, 5.41) is 4.38. The minimum atomic E-state index is 0.583. The molecule has 0 atom stereocenters. The van der Waals surface area contributed by atoms with E-state index in [0.717, 1.165) is 30.1 Å². The first-order valence-electron chi connectivity index (χ1n) is 6.01. The SMILES string of the molecule is COCCN(CCN)c1nccn2nc(C)cc12. The van der Waals surface area contributed by atoms with Gasteiger partial charge in [-0.3, -0.25) is 0 Å². The van der Waals surface area contributed by atoms with Crippen molar-refractivity contribution in [1.82, 2.24) is 14.6 Å². The van der Waals surface area contributed by atoms with Gasteiger partial charge in [0.15, 0.2) is 5.82 Å². The Bertz CT molecular complexity index is 510. The van der Waals surface area contributed by atoms with Gasteiger partial charge in [-0.05, 0) is 13.0 Å². The maximum Gasteiger partial charge on any atom is 0.154 e. The molecule has 0 bridgehead atoms. The van der Waals surface area contributed by atoms with Crippen molar-refractivity contribution in [3.63, 3.8) is 0 Å². The van der Waals surface area contributed by atoms with Gasteiger partial charge >= 0.3 is 0 Å². The van der Waals surface area contributed by atoms with Gasteiger partial charge in [-0.25, -0.2) is 9.50 Å². The van der Waals surface area contributed by atoms with E-state index in [0.29, 0.717) is 13.2 Å². The molecule has 2 N–H and O–H groups in total. The monoisotopic (exact) mass is 249 g/mol. The minimum Gasteiger partial charge on any atom is -0.383 e. The summed E-state index contributed by atoms with van der Waals surface area (Å²) in [5.41, 5.74) is 7.63. The number of rotatable bonds is 6. The van der Waals surface area contributed by atoms with E-state index in [1.807, 2.05) is 23.7 Å². The summed E-state index contributed by atoms with van der Waals surface area (Å²) in [6.07, 6.45) is 3.61. The van der Waals surface area contributed by atoms with Gasteiger partial charge in [-0.1, -0.05) is 0 Å². The average molecular weight is 249 g/mol. The van der Waals surface area contributed by atoms with E-state index in [1.165, 1.54) is 0 Å². The molecule has 0 spiro atoms. The van der Waals surface area contributed by atoms with Crippen molar-refractivity contribution < 1.29 is 4.74 Å². The summed E-state index contributed by atoms with van der Waals surface area (Å²) in [6, 6.07) is 2.03. The fourth-order valence-electron chi connectivity index (χ4n) is 1.96. The number of nitrogens with two attached hydrogens (primary N) is 1. The number of nitrogens with zero attached hydrogens (tertiary/aromatic N) is 4. The van der Waals surface area contributed by atoms with Crippen LogP contribution in [-0.4, -0.2) is 47.9 Å². The summed E-state index contributed by atoms with van der Waals surface area (Å²) < 4.78 is 6.97. The maximum atomic E-state index is 5.66. The molecule has 2 aromatic rings. The molecule has 0 saturated carbocycles. The van der Waals surface area contributed by atoms with Crippen molar-refractivity contribution in [2.45, 2.75) is 6.92 Å². The summed E-state index contributed by atoms with van der Waals surface area (Å²) in [7, 11) is 1.69. The lowest BCUT2D eigenvalue weighted by Gasteiger charge is -2.23. The van der Waals surface area contributed by atoms with Crippen LogP contribution < -0.4 is 10.6 Å². The van der Waals surface area contributed by atoms with Crippen LogP contribution in [0.25, 0.3) is 5.52 Å². The lowest BCUT2D eigenvalue weighted by Crippen LogP contribution is -2.33. The zero-order valence-corrected chi connectivity index (χ0v) is 10.8. The predicted molar refractivity (Wildman–Crippen MR) is 70.9 cm³/mol. The fraction of sp³-hybridized carbons (Fsp3) is 0.500. The third kappa shape index (κ3) is 2.60. The van der Waals surface area contributed by atoms with Crippen LogP contribution in [0.3, 0.4) is 0 Å². The first-order valence-corrected chi connectivity index (χ1v) is 6.01. The molecule has 18 heavy (non-hydrogen) atoms. The summed E-state index contributed by atoms with van der Waals surface area (Å²) >= 11 is 0. The van der Waals surface area contributed by atoms with Crippen molar-refractivity contribution in [1.29, 1.82) is 0 Å². The average Bonchev–Trinajstić information content (AvgIpc) is 2.74. The Kier molecular flexibility index (Phi) is 4.11. The highest BCUT2D eigenvalue weighted by atomic mass is 16.5. The second-order valence-corrected chi connectivity index (χ2v) is 4.13. The highest BCUT2D eigenvalue weighted by molar-refractivity contribution is 5.69. The van der Waals surface area contributed by atoms with Gasteiger partial charge in [0.25, 0.3) is 0 Å². The Morgan fingerprint density at radius 3 is 3.00 bits per heavy atom. The second-order valence-electron chi connectivity index (χ2n) is 4.13. The third-order valence-corrected chi connectivity index (χ3v) is 2.76. The van der Waals surface area contributed by atoms with Gasteiger partial charge in [0.1, 0.15) is 5.52 Å². The van der Waals surface area contributed by atoms with E-state index in [4.69, 9.17) is 10.5 Å². The number of aromatic nitrogens is 3. The molecule has 0 aliphatic carbocycles. The molecule has 98 valence electrons. The van der Waals surface area contributed by atoms with E-state index in [9.17, 15) is 0 Å². The quantitative estimate of drug-likeness (QED) is 0.805. The van der Waals surface area contributed by atoms with E-state index in [1.54, 1.807) is 13.3 Å². The molecule has 6 heteroatoms. The Labute approximate surface area is 106 Å². The summed E-state index contributed by atoms with van der Waals surface area (Å²) in [6.45, 7) is 4.72. The molecule has 6 nitrogen and oxygen atoms in total. The Hall–Kier alpha value is -1.66. The third-order valence-electron chi connectivity index (χ3n) is 2.76. The van der Waals surface area contributed by atoms with Crippen LogP contribution in [0.5, 0.6) is 0 Å². The topological polar surface area (TPSA) is 68.7 Å². The van der Waals surface area contributed by atoms with Crippen LogP contribution in [0.4, 0.5) is 5.82 Å². The number of hydrogen-bond donors (Lipinski definition) is 1. The van der Waals surface area contributed by atoms with Gasteiger partial charge in [-0.2, -0.15) is 5.10 Å². The van der Waals surface area contributed by atoms with Crippen LogP contribution in [-0.2, 0) is 4.74 Å². The summed E-state index contributed by atoms with van der Waals surface area (Å²) in [4.78, 5) is 6.57. The molecular weight excluding hydrogens is 230 g/mol.